The van der Waals surface area contributed by atoms with Crippen molar-refractivity contribution >= 4 is 34.3 Å². The highest BCUT2D eigenvalue weighted by Gasteiger charge is 2.10. The van der Waals surface area contributed by atoms with E-state index in [-0.39, 0.29) is 0 Å². The van der Waals surface area contributed by atoms with E-state index in [0.29, 0.717) is 6.04 Å². The van der Waals surface area contributed by atoms with E-state index in [1.165, 1.54) is 0 Å². The van der Waals surface area contributed by atoms with Gasteiger partial charge in [0.2, 0.25) is 0 Å². The van der Waals surface area contributed by atoms with Crippen molar-refractivity contribution in [2.45, 2.75) is 25.9 Å². The van der Waals surface area contributed by atoms with Crippen LogP contribution in [-0.4, -0.2) is 23.0 Å². The monoisotopic (exact) mass is 282 g/mol. The fourth-order valence-corrected chi connectivity index (χ4v) is 3.09. The topological polar surface area (TPSA) is 27.8 Å². The summed E-state index contributed by atoms with van der Waals surface area (Å²) in [5.41, 5.74) is 2.19. The molecule has 4 heteroatoms. The van der Waals surface area contributed by atoms with E-state index in [4.69, 9.17) is 11.6 Å². The lowest BCUT2D eigenvalue weighted by Gasteiger charge is -2.15. The van der Waals surface area contributed by atoms with Crippen molar-refractivity contribution in [1.29, 1.82) is 0 Å². The third-order valence-corrected chi connectivity index (χ3v) is 4.31. The largest absolute Gasteiger partial charge is 0.356 e. The molecule has 1 atom stereocenters. The number of benzene rings is 1. The molecule has 2 aromatic rings. The van der Waals surface area contributed by atoms with Crippen LogP contribution in [0.3, 0.4) is 0 Å². The van der Waals surface area contributed by atoms with E-state index in [9.17, 15) is 0 Å². The lowest BCUT2D eigenvalue weighted by atomic mass is 10.2. The van der Waals surface area contributed by atoms with Gasteiger partial charge in [-0.1, -0.05) is 36.7 Å². The molecule has 0 saturated heterocycles. The number of halogens is 1. The van der Waals surface area contributed by atoms with Gasteiger partial charge in [0.1, 0.15) is 0 Å². The standard InChI is InChI=1S/C14H19ClN2S/c1-3-10(9-18-2)16-8-13-14(15)11-6-4-5-7-12(11)17-13/h4-7,10,16-17H,3,8-9H2,1-2H3. The Bertz CT molecular complexity index is 509. The second kappa shape index (κ2) is 6.50. The van der Waals surface area contributed by atoms with Crippen LogP contribution in [0.25, 0.3) is 10.9 Å². The number of aromatic nitrogens is 1. The van der Waals surface area contributed by atoms with Crippen LogP contribution >= 0.6 is 23.4 Å². The second-order valence-corrected chi connectivity index (χ2v) is 5.69. The molecule has 0 saturated carbocycles. The number of aromatic amines is 1. The number of para-hydroxylation sites is 1. The minimum Gasteiger partial charge on any atom is -0.356 e. The van der Waals surface area contributed by atoms with Crippen molar-refractivity contribution in [1.82, 2.24) is 10.3 Å². The normalized spacial score (nSPS) is 13.1. The van der Waals surface area contributed by atoms with E-state index in [2.05, 4.69) is 35.6 Å². The Labute approximate surface area is 117 Å². The zero-order valence-corrected chi connectivity index (χ0v) is 12.4. The van der Waals surface area contributed by atoms with Gasteiger partial charge in [0, 0.05) is 34.9 Å². The Morgan fingerprint density at radius 1 is 1.39 bits per heavy atom. The highest BCUT2D eigenvalue weighted by atomic mass is 35.5. The first kappa shape index (κ1) is 13.8. The molecule has 0 radical (unpaired) electrons. The molecule has 1 heterocycles. The molecule has 0 bridgehead atoms. The average molecular weight is 283 g/mol. The van der Waals surface area contributed by atoms with Gasteiger partial charge in [0.05, 0.1) is 5.02 Å². The van der Waals surface area contributed by atoms with E-state index >= 15 is 0 Å². The maximum absolute atomic E-state index is 6.38. The number of fused-ring (bicyclic) bond motifs is 1. The summed E-state index contributed by atoms with van der Waals surface area (Å²) in [6.07, 6.45) is 3.28. The summed E-state index contributed by atoms with van der Waals surface area (Å²) in [6, 6.07) is 8.69. The van der Waals surface area contributed by atoms with Crippen LogP contribution in [0.1, 0.15) is 19.0 Å². The van der Waals surface area contributed by atoms with Crippen molar-refractivity contribution in [3.05, 3.63) is 35.0 Å². The van der Waals surface area contributed by atoms with Crippen LogP contribution in [0, 0.1) is 0 Å². The molecule has 0 fully saturated rings. The summed E-state index contributed by atoms with van der Waals surface area (Å²) in [6.45, 7) is 3.01. The van der Waals surface area contributed by atoms with Crippen LogP contribution in [0.15, 0.2) is 24.3 Å². The molecule has 0 spiro atoms. The Balaban J connectivity index is 2.09. The van der Waals surface area contributed by atoms with Gasteiger partial charge in [-0.25, -0.2) is 0 Å². The number of H-pyrrole nitrogens is 1. The molecule has 0 aliphatic rings. The minimum atomic E-state index is 0.544. The maximum Gasteiger partial charge on any atom is 0.0705 e. The molecule has 1 aromatic heterocycles. The van der Waals surface area contributed by atoms with Gasteiger partial charge in [-0.15, -0.1) is 0 Å². The quantitative estimate of drug-likeness (QED) is 0.836. The molecule has 0 aliphatic carbocycles. The van der Waals surface area contributed by atoms with Crippen LogP contribution in [-0.2, 0) is 6.54 Å². The molecule has 1 unspecified atom stereocenters. The number of nitrogens with one attached hydrogen (secondary N) is 2. The van der Waals surface area contributed by atoms with E-state index in [1.807, 2.05) is 23.9 Å². The SMILES string of the molecule is CCC(CSC)NCc1[nH]c2ccccc2c1Cl. The van der Waals surface area contributed by atoms with Crippen molar-refractivity contribution in [3.8, 4) is 0 Å². The van der Waals surface area contributed by atoms with Crippen molar-refractivity contribution in [3.63, 3.8) is 0 Å². The Kier molecular flexibility index (Phi) is 4.98. The van der Waals surface area contributed by atoms with Gasteiger partial charge >= 0.3 is 0 Å². The molecule has 2 N–H and O–H groups in total. The van der Waals surface area contributed by atoms with Gasteiger partial charge in [-0.3, -0.25) is 0 Å². The molecule has 2 nitrogen and oxygen atoms in total. The molecule has 18 heavy (non-hydrogen) atoms. The van der Waals surface area contributed by atoms with Crippen LogP contribution in [0.5, 0.6) is 0 Å². The van der Waals surface area contributed by atoms with Gasteiger partial charge in [0.25, 0.3) is 0 Å². The highest BCUT2D eigenvalue weighted by Crippen LogP contribution is 2.27. The molecule has 2 rings (SSSR count). The minimum absolute atomic E-state index is 0.544. The molecule has 1 aromatic carbocycles. The van der Waals surface area contributed by atoms with Gasteiger partial charge in [0.15, 0.2) is 0 Å². The summed E-state index contributed by atoms with van der Waals surface area (Å²) in [5.74, 6) is 1.13. The maximum atomic E-state index is 6.38. The molecular formula is C14H19ClN2S. The smallest absolute Gasteiger partial charge is 0.0705 e. The molecular weight excluding hydrogens is 264 g/mol. The summed E-state index contributed by atoms with van der Waals surface area (Å²) < 4.78 is 0. The summed E-state index contributed by atoms with van der Waals surface area (Å²) in [5, 5.41) is 5.50. The van der Waals surface area contributed by atoms with Crippen LogP contribution < -0.4 is 5.32 Å². The van der Waals surface area contributed by atoms with Gasteiger partial charge in [-0.2, -0.15) is 11.8 Å². The van der Waals surface area contributed by atoms with Crippen LogP contribution in [0.4, 0.5) is 0 Å². The lowest BCUT2D eigenvalue weighted by Crippen LogP contribution is -2.30. The van der Waals surface area contributed by atoms with Crippen molar-refractivity contribution in [2.24, 2.45) is 0 Å². The van der Waals surface area contributed by atoms with Crippen molar-refractivity contribution in [2.75, 3.05) is 12.0 Å². The first-order valence-electron chi connectivity index (χ1n) is 6.23. The predicted octanol–water partition coefficient (Wildman–Crippen LogP) is 4.05. The van der Waals surface area contributed by atoms with E-state index < -0.39 is 0 Å². The Morgan fingerprint density at radius 3 is 2.83 bits per heavy atom. The lowest BCUT2D eigenvalue weighted by molar-refractivity contribution is 0.537. The fourth-order valence-electron chi connectivity index (χ4n) is 2.05. The zero-order valence-electron chi connectivity index (χ0n) is 10.8. The predicted molar refractivity (Wildman–Crippen MR) is 82.6 cm³/mol. The molecule has 0 amide bonds. The number of thioether (sulfide) groups is 1. The van der Waals surface area contributed by atoms with E-state index in [0.717, 1.165) is 40.3 Å². The first-order valence-corrected chi connectivity index (χ1v) is 8.00. The molecule has 98 valence electrons. The summed E-state index contributed by atoms with van der Waals surface area (Å²) >= 11 is 8.26. The van der Waals surface area contributed by atoms with E-state index in [1.54, 1.807) is 0 Å². The molecule has 0 aliphatic heterocycles. The second-order valence-electron chi connectivity index (χ2n) is 4.40. The van der Waals surface area contributed by atoms with Crippen molar-refractivity contribution < 1.29 is 0 Å². The number of rotatable bonds is 6. The number of hydrogen-bond acceptors (Lipinski definition) is 2. The third kappa shape index (κ3) is 3.02. The summed E-state index contributed by atoms with van der Waals surface area (Å²) in [7, 11) is 0. The third-order valence-electron chi connectivity index (χ3n) is 3.14. The van der Waals surface area contributed by atoms with Gasteiger partial charge < -0.3 is 10.3 Å². The summed E-state index contributed by atoms with van der Waals surface area (Å²) in [4.78, 5) is 3.38. The first-order chi connectivity index (χ1) is 8.76. The Hall–Kier alpha value is -0.640. The highest BCUT2D eigenvalue weighted by molar-refractivity contribution is 7.98. The number of hydrogen-bond donors (Lipinski definition) is 2. The van der Waals surface area contributed by atoms with Crippen LogP contribution in [0.2, 0.25) is 5.02 Å². The average Bonchev–Trinajstić information content (AvgIpc) is 2.72. The zero-order chi connectivity index (χ0) is 13.0. The fraction of sp³-hybridized carbons (Fsp3) is 0.429. The van der Waals surface area contributed by atoms with Gasteiger partial charge in [-0.05, 0) is 18.7 Å². The Morgan fingerprint density at radius 2 is 2.17 bits per heavy atom.